The van der Waals surface area contributed by atoms with E-state index >= 15 is 0 Å². The molecule has 2 nitrogen and oxygen atoms in total. The first-order valence-electron chi connectivity index (χ1n) is 6.07. The molecule has 100 valence electrons. The van der Waals surface area contributed by atoms with Gasteiger partial charge in [-0.2, -0.15) is 11.8 Å². The van der Waals surface area contributed by atoms with Gasteiger partial charge in [0.2, 0.25) is 0 Å². The molecule has 2 unspecified atom stereocenters. The van der Waals surface area contributed by atoms with E-state index in [0.717, 1.165) is 11.3 Å². The first kappa shape index (κ1) is 14.1. The van der Waals surface area contributed by atoms with Crippen LogP contribution in [-0.4, -0.2) is 36.0 Å². The number of hydrogen-bond acceptors (Lipinski definition) is 3. The van der Waals surface area contributed by atoms with Crippen LogP contribution in [0.5, 0.6) is 0 Å². The number of hydrogen-bond donors (Lipinski definition) is 1. The number of nitrogens with two attached hydrogens (primary N) is 1. The highest BCUT2D eigenvalue weighted by Gasteiger charge is 2.26. The second kappa shape index (κ2) is 6.24. The Morgan fingerprint density at radius 1 is 1.56 bits per heavy atom. The maximum absolute atomic E-state index is 13.4. The molecular formula is C13H18ClFN2S. The summed E-state index contributed by atoms with van der Waals surface area (Å²) < 4.78 is 13.4. The van der Waals surface area contributed by atoms with Gasteiger partial charge >= 0.3 is 0 Å². The summed E-state index contributed by atoms with van der Waals surface area (Å²) in [5.41, 5.74) is 6.72. The van der Waals surface area contributed by atoms with E-state index in [1.165, 1.54) is 24.3 Å². The lowest BCUT2D eigenvalue weighted by molar-refractivity contribution is 0.192. The Bertz CT molecular complexity index is 390. The third-order valence-corrected chi connectivity index (χ3v) is 4.83. The Morgan fingerprint density at radius 2 is 2.33 bits per heavy atom. The van der Waals surface area contributed by atoms with E-state index in [1.54, 1.807) is 6.07 Å². The Kier molecular flexibility index (Phi) is 4.90. The van der Waals surface area contributed by atoms with Crippen LogP contribution in [0.2, 0.25) is 5.02 Å². The Balaban J connectivity index is 2.20. The largest absolute Gasteiger partial charge is 0.329 e. The highest BCUT2D eigenvalue weighted by molar-refractivity contribution is 7.99. The molecule has 0 aliphatic carbocycles. The highest BCUT2D eigenvalue weighted by atomic mass is 35.5. The molecule has 1 aliphatic rings. The maximum Gasteiger partial charge on any atom is 0.125 e. The Labute approximate surface area is 117 Å². The summed E-state index contributed by atoms with van der Waals surface area (Å²) in [7, 11) is 2.06. The minimum atomic E-state index is -0.301. The quantitative estimate of drug-likeness (QED) is 0.924. The third kappa shape index (κ3) is 3.18. The fraction of sp³-hybridized carbons (Fsp3) is 0.538. The van der Waals surface area contributed by atoms with Gasteiger partial charge in [0.25, 0.3) is 0 Å². The molecule has 2 N–H and O–H groups in total. The van der Waals surface area contributed by atoms with Crippen LogP contribution in [0.25, 0.3) is 0 Å². The van der Waals surface area contributed by atoms with Gasteiger partial charge in [-0.15, -0.1) is 0 Å². The van der Waals surface area contributed by atoms with Crippen molar-refractivity contribution in [2.45, 2.75) is 18.5 Å². The molecule has 2 rings (SSSR count). The summed E-state index contributed by atoms with van der Waals surface area (Å²) in [6.07, 6.45) is 1.17. The average Bonchev–Trinajstić information content (AvgIpc) is 2.81. The zero-order valence-corrected chi connectivity index (χ0v) is 12.0. The number of benzene rings is 1. The van der Waals surface area contributed by atoms with Gasteiger partial charge in [-0.05, 0) is 43.0 Å². The molecule has 1 fully saturated rings. The van der Waals surface area contributed by atoms with Gasteiger partial charge in [0.15, 0.2) is 0 Å². The summed E-state index contributed by atoms with van der Waals surface area (Å²) in [6.45, 7) is 0.470. The second-order valence-corrected chi connectivity index (χ2v) is 6.22. The SMILES string of the molecule is CN(C1CCSC1)C(CN)c1cc(F)cc(Cl)c1. The van der Waals surface area contributed by atoms with E-state index in [0.29, 0.717) is 17.6 Å². The van der Waals surface area contributed by atoms with Crippen LogP contribution in [0.1, 0.15) is 18.0 Å². The molecule has 0 radical (unpaired) electrons. The summed E-state index contributed by atoms with van der Waals surface area (Å²) in [6, 6.07) is 5.21. The van der Waals surface area contributed by atoms with Crippen molar-refractivity contribution in [1.82, 2.24) is 4.90 Å². The van der Waals surface area contributed by atoms with E-state index < -0.39 is 0 Å². The molecule has 1 heterocycles. The van der Waals surface area contributed by atoms with Crippen LogP contribution in [0.3, 0.4) is 0 Å². The van der Waals surface area contributed by atoms with Crippen molar-refractivity contribution in [1.29, 1.82) is 0 Å². The molecule has 0 amide bonds. The van der Waals surface area contributed by atoms with Crippen molar-refractivity contribution in [2.24, 2.45) is 5.73 Å². The number of rotatable bonds is 4. The third-order valence-electron chi connectivity index (χ3n) is 3.47. The van der Waals surface area contributed by atoms with Crippen molar-refractivity contribution < 1.29 is 4.39 Å². The lowest BCUT2D eigenvalue weighted by Gasteiger charge is -2.32. The predicted octanol–water partition coefficient (Wildman–Crippen LogP) is 2.92. The van der Waals surface area contributed by atoms with Gasteiger partial charge in [0.1, 0.15) is 5.82 Å². The van der Waals surface area contributed by atoms with Gasteiger partial charge < -0.3 is 5.73 Å². The van der Waals surface area contributed by atoms with E-state index in [-0.39, 0.29) is 11.9 Å². The van der Waals surface area contributed by atoms with E-state index in [9.17, 15) is 4.39 Å². The molecule has 18 heavy (non-hydrogen) atoms. The van der Waals surface area contributed by atoms with Crippen molar-refractivity contribution >= 4 is 23.4 Å². The minimum Gasteiger partial charge on any atom is -0.329 e. The highest BCUT2D eigenvalue weighted by Crippen LogP contribution is 2.29. The number of halogens is 2. The van der Waals surface area contributed by atoms with Gasteiger partial charge in [0.05, 0.1) is 0 Å². The number of nitrogens with zero attached hydrogens (tertiary/aromatic N) is 1. The standard InChI is InChI=1S/C13H18ClFN2S/c1-17(12-2-3-18-8-12)13(7-16)9-4-10(14)6-11(15)5-9/h4-6,12-13H,2-3,7-8,16H2,1H3. The van der Waals surface area contributed by atoms with Crippen LogP contribution < -0.4 is 5.73 Å². The summed E-state index contributed by atoms with van der Waals surface area (Å²) in [5.74, 6) is 2.01. The van der Waals surface area contributed by atoms with Crippen LogP contribution >= 0.6 is 23.4 Å². The lowest BCUT2D eigenvalue weighted by Crippen LogP contribution is -2.38. The van der Waals surface area contributed by atoms with Gasteiger partial charge in [-0.25, -0.2) is 4.39 Å². The molecule has 0 aromatic heterocycles. The van der Waals surface area contributed by atoms with Crippen molar-refractivity contribution in [2.75, 3.05) is 25.1 Å². The minimum absolute atomic E-state index is 0.0295. The number of thioether (sulfide) groups is 1. The molecular weight excluding hydrogens is 271 g/mol. The molecule has 1 aliphatic heterocycles. The smallest absolute Gasteiger partial charge is 0.125 e. The normalized spacial score (nSPS) is 21.5. The first-order valence-corrected chi connectivity index (χ1v) is 7.61. The van der Waals surface area contributed by atoms with Gasteiger partial charge in [-0.1, -0.05) is 11.6 Å². The van der Waals surface area contributed by atoms with Crippen LogP contribution in [0.15, 0.2) is 18.2 Å². The molecule has 0 spiro atoms. The topological polar surface area (TPSA) is 29.3 Å². The Hall–Kier alpha value is -0.290. The van der Waals surface area contributed by atoms with Gasteiger partial charge in [0, 0.05) is 29.4 Å². The second-order valence-electron chi connectivity index (χ2n) is 4.64. The molecule has 1 saturated heterocycles. The number of likely N-dealkylation sites (N-methyl/N-ethyl adjacent to an activating group) is 1. The fourth-order valence-corrected chi connectivity index (χ4v) is 3.91. The van der Waals surface area contributed by atoms with Crippen LogP contribution in [-0.2, 0) is 0 Å². The summed E-state index contributed by atoms with van der Waals surface area (Å²) in [4.78, 5) is 2.26. The van der Waals surface area contributed by atoms with E-state index in [2.05, 4.69) is 11.9 Å². The molecule has 0 saturated carbocycles. The van der Waals surface area contributed by atoms with Crippen molar-refractivity contribution in [3.63, 3.8) is 0 Å². The van der Waals surface area contributed by atoms with Crippen LogP contribution in [0.4, 0.5) is 4.39 Å². The maximum atomic E-state index is 13.4. The first-order chi connectivity index (χ1) is 8.61. The predicted molar refractivity (Wildman–Crippen MR) is 76.7 cm³/mol. The molecule has 1 aromatic rings. The fourth-order valence-electron chi connectivity index (χ4n) is 2.40. The van der Waals surface area contributed by atoms with E-state index in [4.69, 9.17) is 17.3 Å². The van der Waals surface area contributed by atoms with Crippen LogP contribution in [0, 0.1) is 5.82 Å². The Morgan fingerprint density at radius 3 is 2.89 bits per heavy atom. The monoisotopic (exact) mass is 288 g/mol. The van der Waals surface area contributed by atoms with Crippen molar-refractivity contribution in [3.8, 4) is 0 Å². The van der Waals surface area contributed by atoms with E-state index in [1.807, 2.05) is 11.8 Å². The zero-order valence-electron chi connectivity index (χ0n) is 10.4. The molecule has 0 bridgehead atoms. The summed E-state index contributed by atoms with van der Waals surface area (Å²) in [5, 5.41) is 0.428. The average molecular weight is 289 g/mol. The van der Waals surface area contributed by atoms with Crippen molar-refractivity contribution in [3.05, 3.63) is 34.6 Å². The molecule has 2 atom stereocenters. The summed E-state index contributed by atoms with van der Waals surface area (Å²) >= 11 is 7.87. The molecule has 5 heteroatoms. The van der Waals surface area contributed by atoms with Gasteiger partial charge in [-0.3, -0.25) is 4.90 Å². The molecule has 1 aromatic carbocycles. The zero-order chi connectivity index (χ0) is 13.1. The lowest BCUT2D eigenvalue weighted by atomic mass is 10.0.